The van der Waals surface area contributed by atoms with E-state index in [1.165, 1.54) is 50.6 Å². The van der Waals surface area contributed by atoms with Gasteiger partial charge in [0.1, 0.15) is 0 Å². The molecule has 5 unspecified atom stereocenters. The summed E-state index contributed by atoms with van der Waals surface area (Å²) in [6.45, 7) is 2.31. The minimum atomic E-state index is 0.533. The predicted octanol–water partition coefficient (Wildman–Crippen LogP) is 3.45. The summed E-state index contributed by atoms with van der Waals surface area (Å²) in [5.41, 5.74) is 1.45. The molecule has 1 aliphatic heterocycles. The van der Waals surface area contributed by atoms with Crippen molar-refractivity contribution in [3.05, 3.63) is 18.2 Å². The molecule has 5 atom stereocenters. The zero-order chi connectivity index (χ0) is 12.8. The lowest BCUT2D eigenvalue weighted by molar-refractivity contribution is 0.289. The second-order valence-corrected chi connectivity index (χ2v) is 7.02. The molecule has 1 aromatic rings. The first-order valence-electron chi connectivity index (χ1n) is 8.09. The molecule has 19 heavy (non-hydrogen) atoms. The highest BCUT2D eigenvalue weighted by molar-refractivity contribution is 5.10. The van der Waals surface area contributed by atoms with Crippen LogP contribution in [0.25, 0.3) is 0 Å². The molecule has 1 N–H and O–H groups in total. The summed E-state index contributed by atoms with van der Waals surface area (Å²) in [7, 11) is 0. The first-order valence-corrected chi connectivity index (χ1v) is 8.09. The third-order valence-electron chi connectivity index (χ3n) is 5.73. The number of hydrogen-bond donors (Lipinski definition) is 1. The van der Waals surface area contributed by atoms with E-state index in [2.05, 4.69) is 34.3 Å². The van der Waals surface area contributed by atoms with E-state index in [1.54, 1.807) is 0 Å². The molecule has 3 nitrogen and oxygen atoms in total. The van der Waals surface area contributed by atoms with E-state index in [4.69, 9.17) is 0 Å². The Morgan fingerprint density at radius 3 is 2.89 bits per heavy atom. The Balaban J connectivity index is 1.58. The van der Waals surface area contributed by atoms with Gasteiger partial charge in [-0.05, 0) is 57.3 Å². The van der Waals surface area contributed by atoms with Gasteiger partial charge in [-0.25, -0.2) is 4.98 Å². The Morgan fingerprint density at radius 1 is 1.21 bits per heavy atom. The van der Waals surface area contributed by atoms with E-state index in [9.17, 15) is 0 Å². The standard InChI is InChI=1S/C16H25N3/c1-11-3-2-4-14(18-11)16-9-17-10-19(16)15-8-12-5-6-13(15)7-12/h9-15,18H,2-8H2,1H3. The molecule has 0 spiro atoms. The second kappa shape index (κ2) is 4.62. The number of nitrogens with zero attached hydrogens (tertiary/aromatic N) is 2. The number of fused-ring (bicyclic) bond motifs is 2. The maximum absolute atomic E-state index is 4.47. The molecule has 2 heterocycles. The van der Waals surface area contributed by atoms with Crippen LogP contribution in [0, 0.1) is 11.8 Å². The topological polar surface area (TPSA) is 29.9 Å². The summed E-state index contributed by atoms with van der Waals surface area (Å²) in [5, 5.41) is 3.77. The number of aromatic nitrogens is 2. The van der Waals surface area contributed by atoms with Crippen molar-refractivity contribution < 1.29 is 0 Å². The summed E-state index contributed by atoms with van der Waals surface area (Å²) < 4.78 is 2.53. The molecule has 1 saturated heterocycles. The average Bonchev–Trinajstić information content (AvgIpc) is 3.14. The van der Waals surface area contributed by atoms with Crippen LogP contribution in [0.2, 0.25) is 0 Å². The van der Waals surface area contributed by atoms with E-state index in [1.807, 2.05) is 0 Å². The number of rotatable bonds is 2. The van der Waals surface area contributed by atoms with Crippen LogP contribution >= 0.6 is 0 Å². The van der Waals surface area contributed by atoms with Crippen LogP contribution in [0.3, 0.4) is 0 Å². The Kier molecular flexibility index (Phi) is 2.91. The Labute approximate surface area is 115 Å². The van der Waals surface area contributed by atoms with Crippen LogP contribution in [0.5, 0.6) is 0 Å². The second-order valence-electron chi connectivity index (χ2n) is 7.02. The zero-order valence-corrected chi connectivity index (χ0v) is 11.9. The first kappa shape index (κ1) is 12.0. The number of piperidine rings is 1. The van der Waals surface area contributed by atoms with Crippen molar-refractivity contribution in [2.45, 2.75) is 70.0 Å². The van der Waals surface area contributed by atoms with Crippen molar-refractivity contribution in [3.8, 4) is 0 Å². The molecule has 0 radical (unpaired) electrons. The van der Waals surface area contributed by atoms with Gasteiger partial charge in [0.15, 0.2) is 0 Å². The number of hydrogen-bond acceptors (Lipinski definition) is 2. The minimum Gasteiger partial charge on any atom is -0.330 e. The quantitative estimate of drug-likeness (QED) is 0.881. The van der Waals surface area contributed by atoms with E-state index in [-0.39, 0.29) is 0 Å². The summed E-state index contributed by atoms with van der Waals surface area (Å²) in [6, 6.07) is 1.93. The van der Waals surface area contributed by atoms with E-state index in [0.717, 1.165) is 17.9 Å². The Bertz CT molecular complexity index is 453. The van der Waals surface area contributed by atoms with Gasteiger partial charge in [0.2, 0.25) is 0 Å². The van der Waals surface area contributed by atoms with E-state index < -0.39 is 0 Å². The third-order valence-corrected chi connectivity index (χ3v) is 5.73. The molecule has 2 saturated carbocycles. The molecule has 3 fully saturated rings. The molecule has 3 aliphatic rings. The predicted molar refractivity (Wildman–Crippen MR) is 75.9 cm³/mol. The molecule has 3 heteroatoms. The molecule has 104 valence electrons. The van der Waals surface area contributed by atoms with Crippen molar-refractivity contribution in [1.82, 2.24) is 14.9 Å². The van der Waals surface area contributed by atoms with Gasteiger partial charge in [-0.15, -0.1) is 0 Å². The fourth-order valence-corrected chi connectivity index (χ4v) is 4.79. The molecule has 2 bridgehead atoms. The summed E-state index contributed by atoms with van der Waals surface area (Å²) in [5.74, 6) is 1.93. The minimum absolute atomic E-state index is 0.533. The van der Waals surface area contributed by atoms with Crippen LogP contribution in [-0.2, 0) is 0 Å². The SMILES string of the molecule is CC1CCCC(c2cncn2C2CC3CCC2C3)N1. The highest BCUT2D eigenvalue weighted by Gasteiger charge is 2.41. The summed E-state index contributed by atoms with van der Waals surface area (Å²) >= 11 is 0. The molecule has 0 aromatic carbocycles. The van der Waals surface area contributed by atoms with Gasteiger partial charge in [-0.1, -0.05) is 6.42 Å². The van der Waals surface area contributed by atoms with Crippen molar-refractivity contribution >= 4 is 0 Å². The fourth-order valence-electron chi connectivity index (χ4n) is 4.79. The molecular formula is C16H25N3. The monoisotopic (exact) mass is 259 g/mol. The normalized spacial score (nSPS) is 41.8. The van der Waals surface area contributed by atoms with Gasteiger partial charge in [-0.3, -0.25) is 0 Å². The van der Waals surface area contributed by atoms with Gasteiger partial charge in [-0.2, -0.15) is 0 Å². The van der Waals surface area contributed by atoms with Crippen molar-refractivity contribution in [2.24, 2.45) is 11.8 Å². The van der Waals surface area contributed by atoms with Crippen LogP contribution in [-0.4, -0.2) is 15.6 Å². The average molecular weight is 259 g/mol. The van der Waals surface area contributed by atoms with Crippen LogP contribution in [0.1, 0.15) is 69.6 Å². The lowest BCUT2D eigenvalue weighted by atomic mass is 9.93. The first-order chi connectivity index (χ1) is 9.31. The Morgan fingerprint density at radius 2 is 2.16 bits per heavy atom. The molecule has 1 aromatic heterocycles. The number of imidazole rings is 1. The van der Waals surface area contributed by atoms with Crippen molar-refractivity contribution in [3.63, 3.8) is 0 Å². The lowest BCUT2D eigenvalue weighted by Gasteiger charge is -2.32. The molecule has 2 aliphatic carbocycles. The maximum atomic E-state index is 4.47. The zero-order valence-electron chi connectivity index (χ0n) is 11.9. The summed E-state index contributed by atoms with van der Waals surface area (Å²) in [6.07, 6.45) is 13.9. The maximum Gasteiger partial charge on any atom is 0.0951 e. The highest BCUT2D eigenvalue weighted by Crippen LogP contribution is 2.51. The number of nitrogens with one attached hydrogen (secondary N) is 1. The third kappa shape index (κ3) is 2.03. The van der Waals surface area contributed by atoms with Crippen molar-refractivity contribution in [1.29, 1.82) is 0 Å². The summed E-state index contributed by atoms with van der Waals surface area (Å²) in [4.78, 5) is 4.47. The molecule has 4 rings (SSSR count). The van der Waals surface area contributed by atoms with Gasteiger partial charge in [0.05, 0.1) is 12.0 Å². The van der Waals surface area contributed by atoms with E-state index >= 15 is 0 Å². The van der Waals surface area contributed by atoms with Gasteiger partial charge in [0.25, 0.3) is 0 Å². The molecular weight excluding hydrogens is 234 g/mol. The van der Waals surface area contributed by atoms with E-state index in [0.29, 0.717) is 12.1 Å². The van der Waals surface area contributed by atoms with Crippen molar-refractivity contribution in [2.75, 3.05) is 0 Å². The van der Waals surface area contributed by atoms with Crippen LogP contribution in [0.15, 0.2) is 12.5 Å². The lowest BCUT2D eigenvalue weighted by Crippen LogP contribution is -2.36. The Hall–Kier alpha value is -0.830. The smallest absolute Gasteiger partial charge is 0.0951 e. The van der Waals surface area contributed by atoms with Gasteiger partial charge in [0, 0.05) is 24.3 Å². The highest BCUT2D eigenvalue weighted by atomic mass is 15.1. The van der Waals surface area contributed by atoms with Gasteiger partial charge < -0.3 is 9.88 Å². The molecule has 0 amide bonds. The van der Waals surface area contributed by atoms with Gasteiger partial charge >= 0.3 is 0 Å². The van der Waals surface area contributed by atoms with Crippen LogP contribution < -0.4 is 5.32 Å². The fraction of sp³-hybridized carbons (Fsp3) is 0.812. The van der Waals surface area contributed by atoms with Crippen LogP contribution in [0.4, 0.5) is 0 Å². The largest absolute Gasteiger partial charge is 0.330 e.